The lowest BCUT2D eigenvalue weighted by Crippen LogP contribution is -2.22. The molecule has 1 aromatic carbocycles. The molecular formula is C17H29NO3. The lowest BCUT2D eigenvalue weighted by Gasteiger charge is -2.13. The van der Waals surface area contributed by atoms with Gasteiger partial charge in [0.15, 0.2) is 0 Å². The second kappa shape index (κ2) is 11.5. The second-order valence-electron chi connectivity index (χ2n) is 5.22. The van der Waals surface area contributed by atoms with E-state index in [0.717, 1.165) is 25.3 Å². The number of nitrogens with one attached hydrogen (secondary N) is 1. The Kier molecular flexibility index (Phi) is 9.87. The van der Waals surface area contributed by atoms with E-state index in [1.807, 2.05) is 18.2 Å². The summed E-state index contributed by atoms with van der Waals surface area (Å²) in [5.74, 6) is 0.927. The van der Waals surface area contributed by atoms with Crippen LogP contribution in [0.2, 0.25) is 0 Å². The highest BCUT2D eigenvalue weighted by Crippen LogP contribution is 2.17. The van der Waals surface area contributed by atoms with E-state index in [9.17, 15) is 0 Å². The fourth-order valence-corrected chi connectivity index (χ4v) is 1.78. The van der Waals surface area contributed by atoms with Gasteiger partial charge in [0.2, 0.25) is 0 Å². The molecule has 0 aliphatic heterocycles. The quantitative estimate of drug-likeness (QED) is 0.602. The predicted octanol–water partition coefficient (Wildman–Crippen LogP) is 3.01. The molecule has 21 heavy (non-hydrogen) atoms. The van der Waals surface area contributed by atoms with Gasteiger partial charge in [0.05, 0.1) is 19.8 Å². The number of rotatable bonds is 12. The van der Waals surface area contributed by atoms with E-state index in [0.29, 0.717) is 32.5 Å². The van der Waals surface area contributed by atoms with Crippen molar-refractivity contribution in [3.05, 3.63) is 29.8 Å². The number of para-hydroxylation sites is 1. The summed E-state index contributed by atoms with van der Waals surface area (Å²) in [6.07, 6.45) is 1.05. The molecule has 0 aromatic heterocycles. The zero-order valence-electron chi connectivity index (χ0n) is 13.6. The van der Waals surface area contributed by atoms with E-state index in [1.54, 1.807) is 0 Å². The average molecular weight is 295 g/mol. The van der Waals surface area contributed by atoms with E-state index in [4.69, 9.17) is 14.2 Å². The van der Waals surface area contributed by atoms with Gasteiger partial charge >= 0.3 is 0 Å². The van der Waals surface area contributed by atoms with Gasteiger partial charge in [-0.2, -0.15) is 0 Å². The van der Waals surface area contributed by atoms with Crippen LogP contribution in [-0.2, 0) is 16.0 Å². The monoisotopic (exact) mass is 295 g/mol. The van der Waals surface area contributed by atoms with E-state index in [2.05, 4.69) is 32.2 Å². The topological polar surface area (TPSA) is 39.7 Å². The Morgan fingerprint density at radius 1 is 0.952 bits per heavy atom. The van der Waals surface area contributed by atoms with Crippen molar-refractivity contribution in [2.24, 2.45) is 0 Å². The van der Waals surface area contributed by atoms with E-state index >= 15 is 0 Å². The summed E-state index contributed by atoms with van der Waals surface area (Å²) in [5.41, 5.74) is 1.18. The van der Waals surface area contributed by atoms with Crippen molar-refractivity contribution in [3.8, 4) is 5.75 Å². The Hall–Kier alpha value is -1.10. The second-order valence-corrected chi connectivity index (χ2v) is 5.22. The molecular weight excluding hydrogens is 266 g/mol. The summed E-state index contributed by atoms with van der Waals surface area (Å²) < 4.78 is 16.6. The Balaban J connectivity index is 2.19. The SMILES string of the molecule is CCCOCCOCCOc1ccccc1CNC(C)C. The van der Waals surface area contributed by atoms with Crippen LogP contribution in [0.4, 0.5) is 0 Å². The normalized spacial score (nSPS) is 11.0. The molecule has 0 unspecified atom stereocenters. The molecule has 0 heterocycles. The number of benzene rings is 1. The minimum absolute atomic E-state index is 0.463. The van der Waals surface area contributed by atoms with Gasteiger partial charge in [-0.15, -0.1) is 0 Å². The Bertz CT molecular complexity index is 369. The summed E-state index contributed by atoms with van der Waals surface area (Å²) in [4.78, 5) is 0. The van der Waals surface area contributed by atoms with Crippen molar-refractivity contribution in [2.75, 3.05) is 33.0 Å². The van der Waals surface area contributed by atoms with Crippen molar-refractivity contribution in [1.29, 1.82) is 0 Å². The molecule has 1 rings (SSSR count). The van der Waals surface area contributed by atoms with Crippen molar-refractivity contribution < 1.29 is 14.2 Å². The summed E-state index contributed by atoms with van der Waals surface area (Å²) in [6, 6.07) is 8.58. The van der Waals surface area contributed by atoms with Crippen LogP contribution in [-0.4, -0.2) is 39.1 Å². The highest BCUT2D eigenvalue weighted by Gasteiger charge is 2.03. The summed E-state index contributed by atoms with van der Waals surface area (Å²) in [5, 5.41) is 3.40. The lowest BCUT2D eigenvalue weighted by atomic mass is 10.2. The first kappa shape index (κ1) is 18.0. The van der Waals surface area contributed by atoms with Gasteiger partial charge < -0.3 is 19.5 Å². The van der Waals surface area contributed by atoms with Crippen LogP contribution in [0, 0.1) is 0 Å². The lowest BCUT2D eigenvalue weighted by molar-refractivity contribution is 0.0365. The average Bonchev–Trinajstić information content (AvgIpc) is 2.48. The largest absolute Gasteiger partial charge is 0.491 e. The molecule has 0 bridgehead atoms. The predicted molar refractivity (Wildman–Crippen MR) is 85.8 cm³/mol. The van der Waals surface area contributed by atoms with Crippen LogP contribution in [0.1, 0.15) is 32.8 Å². The van der Waals surface area contributed by atoms with E-state index in [1.165, 1.54) is 5.56 Å². The van der Waals surface area contributed by atoms with Gasteiger partial charge in [0.25, 0.3) is 0 Å². The van der Waals surface area contributed by atoms with Crippen LogP contribution in [0.3, 0.4) is 0 Å². The molecule has 1 aromatic rings. The molecule has 0 radical (unpaired) electrons. The molecule has 0 spiro atoms. The highest BCUT2D eigenvalue weighted by atomic mass is 16.5. The molecule has 4 heteroatoms. The van der Waals surface area contributed by atoms with Crippen LogP contribution in [0.5, 0.6) is 5.75 Å². The molecule has 1 N–H and O–H groups in total. The molecule has 0 saturated heterocycles. The highest BCUT2D eigenvalue weighted by molar-refractivity contribution is 5.33. The summed E-state index contributed by atoms with van der Waals surface area (Å²) >= 11 is 0. The summed E-state index contributed by atoms with van der Waals surface area (Å²) in [7, 11) is 0. The van der Waals surface area contributed by atoms with Gasteiger partial charge in [-0.05, 0) is 12.5 Å². The maximum atomic E-state index is 5.79. The first-order chi connectivity index (χ1) is 10.2. The van der Waals surface area contributed by atoms with E-state index < -0.39 is 0 Å². The van der Waals surface area contributed by atoms with Gasteiger partial charge in [0, 0.05) is 24.8 Å². The van der Waals surface area contributed by atoms with Crippen molar-refractivity contribution in [1.82, 2.24) is 5.32 Å². The zero-order valence-corrected chi connectivity index (χ0v) is 13.6. The third-order valence-electron chi connectivity index (χ3n) is 2.88. The van der Waals surface area contributed by atoms with Crippen LogP contribution in [0.15, 0.2) is 24.3 Å². The van der Waals surface area contributed by atoms with Gasteiger partial charge in [-0.25, -0.2) is 0 Å². The number of hydrogen-bond acceptors (Lipinski definition) is 4. The van der Waals surface area contributed by atoms with Gasteiger partial charge in [-0.1, -0.05) is 39.0 Å². The van der Waals surface area contributed by atoms with Gasteiger partial charge in [0.1, 0.15) is 12.4 Å². The molecule has 0 saturated carbocycles. The third kappa shape index (κ3) is 8.71. The maximum absolute atomic E-state index is 5.79. The van der Waals surface area contributed by atoms with Crippen molar-refractivity contribution >= 4 is 0 Å². The standard InChI is InChI=1S/C17H29NO3/c1-4-9-19-10-11-20-12-13-21-17-8-6-5-7-16(17)14-18-15(2)3/h5-8,15,18H,4,9-14H2,1-3H3. The fraction of sp³-hybridized carbons (Fsp3) is 0.647. The minimum Gasteiger partial charge on any atom is -0.491 e. The van der Waals surface area contributed by atoms with Crippen LogP contribution >= 0.6 is 0 Å². The Morgan fingerprint density at radius 2 is 1.62 bits per heavy atom. The zero-order chi connectivity index (χ0) is 15.3. The smallest absolute Gasteiger partial charge is 0.123 e. The first-order valence-corrected chi connectivity index (χ1v) is 7.83. The molecule has 4 nitrogen and oxygen atoms in total. The Morgan fingerprint density at radius 3 is 2.33 bits per heavy atom. The fourth-order valence-electron chi connectivity index (χ4n) is 1.78. The third-order valence-corrected chi connectivity index (χ3v) is 2.88. The molecule has 0 aliphatic carbocycles. The first-order valence-electron chi connectivity index (χ1n) is 7.83. The maximum Gasteiger partial charge on any atom is 0.123 e. The molecule has 0 atom stereocenters. The number of hydrogen-bond donors (Lipinski definition) is 1. The molecule has 0 fully saturated rings. The van der Waals surface area contributed by atoms with Crippen LogP contribution in [0.25, 0.3) is 0 Å². The van der Waals surface area contributed by atoms with Gasteiger partial charge in [-0.3, -0.25) is 0 Å². The molecule has 0 amide bonds. The minimum atomic E-state index is 0.463. The number of ether oxygens (including phenoxy) is 3. The van der Waals surface area contributed by atoms with Crippen LogP contribution < -0.4 is 10.1 Å². The molecule has 120 valence electrons. The van der Waals surface area contributed by atoms with Crippen molar-refractivity contribution in [3.63, 3.8) is 0 Å². The molecule has 0 aliphatic rings. The summed E-state index contributed by atoms with van der Waals surface area (Å²) in [6.45, 7) is 10.4. The van der Waals surface area contributed by atoms with E-state index in [-0.39, 0.29) is 0 Å². The Labute approximate surface area is 128 Å². The van der Waals surface area contributed by atoms with Crippen molar-refractivity contribution in [2.45, 2.75) is 39.8 Å².